The molecule has 2 fully saturated rings. The molecular formula is C18H19F3N8O2. The van der Waals surface area contributed by atoms with E-state index >= 15 is 0 Å². The summed E-state index contributed by atoms with van der Waals surface area (Å²) in [6.45, 7) is 2.86. The van der Waals surface area contributed by atoms with Gasteiger partial charge in [0.1, 0.15) is 6.04 Å². The molecule has 2 aromatic rings. The van der Waals surface area contributed by atoms with Crippen LogP contribution in [0.5, 0.6) is 0 Å². The number of hydrogen-bond donors (Lipinski definition) is 1. The number of nitrogen functional groups attached to an aromatic ring is 1. The summed E-state index contributed by atoms with van der Waals surface area (Å²) in [7, 11) is 0. The number of hydrogen-bond acceptors (Lipinski definition) is 10. The van der Waals surface area contributed by atoms with Crippen LogP contribution in [0.3, 0.4) is 0 Å². The zero-order chi connectivity index (χ0) is 22.0. The monoisotopic (exact) mass is 436 g/mol. The molecule has 2 aromatic heterocycles. The van der Waals surface area contributed by atoms with Crippen molar-refractivity contribution in [1.29, 1.82) is 0 Å². The van der Waals surface area contributed by atoms with Crippen molar-refractivity contribution in [3.63, 3.8) is 0 Å². The summed E-state index contributed by atoms with van der Waals surface area (Å²) < 4.78 is 51.7. The number of ether oxygens (including phenoxy) is 2. The van der Waals surface area contributed by atoms with E-state index in [4.69, 9.17) is 21.6 Å². The fraction of sp³-hybridized carbons (Fsp3) is 0.500. The molecule has 0 amide bonds. The Kier molecular flexibility index (Phi) is 5.75. The van der Waals surface area contributed by atoms with Gasteiger partial charge >= 0.3 is 6.18 Å². The molecule has 2 N–H and O–H groups in total. The molecule has 0 radical (unpaired) electrons. The molecule has 2 saturated heterocycles. The summed E-state index contributed by atoms with van der Waals surface area (Å²) in [5.41, 5.74) is 3.77. The van der Waals surface area contributed by atoms with Crippen LogP contribution in [0.4, 0.5) is 31.0 Å². The van der Waals surface area contributed by atoms with Gasteiger partial charge in [-0.2, -0.15) is 28.1 Å². The van der Waals surface area contributed by atoms with E-state index in [9.17, 15) is 13.2 Å². The maximum atomic E-state index is 13.6. The van der Waals surface area contributed by atoms with Crippen molar-refractivity contribution in [3.8, 4) is 23.7 Å². The highest BCUT2D eigenvalue weighted by Crippen LogP contribution is 2.35. The largest absolute Gasteiger partial charge is 0.434 e. The first-order chi connectivity index (χ1) is 14.9. The minimum Gasteiger partial charge on any atom is -0.378 e. The van der Waals surface area contributed by atoms with E-state index in [-0.39, 0.29) is 24.3 Å². The minimum absolute atomic E-state index is 0.155. The van der Waals surface area contributed by atoms with Gasteiger partial charge in [0.15, 0.2) is 11.5 Å². The lowest BCUT2D eigenvalue weighted by atomic mass is 10.2. The molecule has 0 bridgehead atoms. The van der Waals surface area contributed by atoms with Gasteiger partial charge in [-0.25, -0.2) is 9.97 Å². The molecule has 4 rings (SSSR count). The van der Waals surface area contributed by atoms with Crippen LogP contribution in [0, 0.1) is 12.3 Å². The SMILES string of the molecule is C#C[C@H]1COCCN1c1nc(-c2cnc(N)nc2C(F)(F)F)nc(N2CCOCC2)n1. The van der Waals surface area contributed by atoms with Crippen LogP contribution in [-0.4, -0.2) is 77.0 Å². The number of aromatic nitrogens is 5. The van der Waals surface area contributed by atoms with Gasteiger partial charge < -0.3 is 25.0 Å². The minimum atomic E-state index is -4.78. The van der Waals surface area contributed by atoms with E-state index in [0.717, 1.165) is 6.20 Å². The van der Waals surface area contributed by atoms with E-state index in [1.54, 1.807) is 4.90 Å². The molecule has 31 heavy (non-hydrogen) atoms. The fourth-order valence-electron chi connectivity index (χ4n) is 3.26. The van der Waals surface area contributed by atoms with Crippen LogP contribution in [-0.2, 0) is 15.7 Å². The average Bonchev–Trinajstić information content (AvgIpc) is 2.78. The zero-order valence-corrected chi connectivity index (χ0v) is 16.3. The van der Waals surface area contributed by atoms with Crippen molar-refractivity contribution in [3.05, 3.63) is 11.9 Å². The highest BCUT2D eigenvalue weighted by Gasteiger charge is 2.38. The van der Waals surface area contributed by atoms with E-state index in [1.165, 1.54) is 0 Å². The second kappa shape index (κ2) is 8.48. The van der Waals surface area contributed by atoms with Crippen molar-refractivity contribution in [2.45, 2.75) is 12.2 Å². The summed E-state index contributed by atoms with van der Waals surface area (Å²) in [6, 6.07) is -0.466. The van der Waals surface area contributed by atoms with Crippen LogP contribution in [0.15, 0.2) is 6.20 Å². The van der Waals surface area contributed by atoms with Crippen LogP contribution in [0.2, 0.25) is 0 Å². The highest BCUT2D eigenvalue weighted by atomic mass is 19.4. The maximum Gasteiger partial charge on any atom is 0.434 e. The first-order valence-corrected chi connectivity index (χ1v) is 9.46. The molecule has 13 heteroatoms. The molecule has 0 saturated carbocycles. The first kappa shape index (κ1) is 21.0. The van der Waals surface area contributed by atoms with Crippen LogP contribution in [0.25, 0.3) is 11.4 Å². The number of anilines is 3. The van der Waals surface area contributed by atoms with Gasteiger partial charge in [0.05, 0.1) is 32.0 Å². The second-order valence-corrected chi connectivity index (χ2v) is 6.80. The van der Waals surface area contributed by atoms with E-state index in [2.05, 4.69) is 30.8 Å². The number of rotatable bonds is 3. The first-order valence-electron chi connectivity index (χ1n) is 9.46. The molecule has 2 aliphatic heterocycles. The van der Waals surface area contributed by atoms with Crippen LogP contribution in [0.1, 0.15) is 5.69 Å². The van der Waals surface area contributed by atoms with Gasteiger partial charge in [0, 0.05) is 25.8 Å². The summed E-state index contributed by atoms with van der Waals surface area (Å²) in [5, 5.41) is 0. The van der Waals surface area contributed by atoms with Crippen LogP contribution < -0.4 is 15.5 Å². The van der Waals surface area contributed by atoms with Gasteiger partial charge in [0.25, 0.3) is 0 Å². The molecule has 1 atom stereocenters. The van der Waals surface area contributed by atoms with Gasteiger partial charge in [-0.1, -0.05) is 5.92 Å². The van der Waals surface area contributed by atoms with Gasteiger partial charge in [-0.05, 0) is 0 Å². The Morgan fingerprint density at radius 1 is 1.03 bits per heavy atom. The molecular weight excluding hydrogens is 417 g/mol. The summed E-state index contributed by atoms with van der Waals surface area (Å²) >= 11 is 0. The second-order valence-electron chi connectivity index (χ2n) is 6.80. The summed E-state index contributed by atoms with van der Waals surface area (Å²) in [4.78, 5) is 23.7. The van der Waals surface area contributed by atoms with Crippen molar-refractivity contribution in [2.24, 2.45) is 0 Å². The lowest BCUT2D eigenvalue weighted by molar-refractivity contribution is -0.140. The maximum absolute atomic E-state index is 13.6. The van der Waals surface area contributed by atoms with Crippen molar-refractivity contribution >= 4 is 17.8 Å². The number of nitrogens with zero attached hydrogens (tertiary/aromatic N) is 7. The van der Waals surface area contributed by atoms with E-state index in [0.29, 0.717) is 39.5 Å². The standard InChI is InChI=1S/C18H19F3N8O2/c1-2-11-10-31-8-5-29(11)17-26-14(25-16(27-17)28-3-6-30-7-4-28)12-9-23-15(22)24-13(12)18(19,20)21/h1,9,11H,3-8,10H2,(H2,22,23,24)/t11-/m0/s1. The Labute approximate surface area is 175 Å². The Bertz CT molecular complexity index is 991. The third kappa shape index (κ3) is 4.44. The molecule has 10 nitrogen and oxygen atoms in total. The number of alkyl halides is 3. The number of nitrogens with two attached hydrogens (primary N) is 1. The average molecular weight is 436 g/mol. The van der Waals surface area contributed by atoms with E-state index in [1.807, 2.05) is 4.90 Å². The quantitative estimate of drug-likeness (QED) is 0.686. The molecule has 0 spiro atoms. The number of morpholine rings is 2. The van der Waals surface area contributed by atoms with Gasteiger partial charge in [0.2, 0.25) is 17.8 Å². The predicted molar refractivity (Wildman–Crippen MR) is 104 cm³/mol. The predicted octanol–water partition coefficient (Wildman–Crippen LogP) is 0.605. The molecule has 0 aromatic carbocycles. The highest BCUT2D eigenvalue weighted by molar-refractivity contribution is 5.62. The molecule has 4 heterocycles. The fourth-order valence-corrected chi connectivity index (χ4v) is 3.26. The number of halogens is 3. The lowest BCUT2D eigenvalue weighted by Gasteiger charge is -2.33. The molecule has 0 unspecified atom stereocenters. The summed E-state index contributed by atoms with van der Waals surface area (Å²) in [6.07, 6.45) is 1.79. The normalized spacial score (nSPS) is 19.9. The van der Waals surface area contributed by atoms with Crippen molar-refractivity contribution in [2.75, 3.05) is 61.6 Å². The lowest BCUT2D eigenvalue weighted by Crippen LogP contribution is -2.46. The molecule has 2 aliphatic rings. The Balaban J connectivity index is 1.85. The Hall–Kier alpha value is -3.24. The Morgan fingerprint density at radius 3 is 2.45 bits per heavy atom. The smallest absolute Gasteiger partial charge is 0.378 e. The zero-order valence-electron chi connectivity index (χ0n) is 16.3. The van der Waals surface area contributed by atoms with Gasteiger partial charge in [-0.15, -0.1) is 6.42 Å². The third-order valence-electron chi connectivity index (χ3n) is 4.80. The van der Waals surface area contributed by atoms with Gasteiger partial charge in [-0.3, -0.25) is 0 Å². The van der Waals surface area contributed by atoms with E-state index < -0.39 is 29.4 Å². The Morgan fingerprint density at radius 2 is 1.74 bits per heavy atom. The summed E-state index contributed by atoms with van der Waals surface area (Å²) in [5.74, 6) is 2.25. The molecule has 164 valence electrons. The third-order valence-corrected chi connectivity index (χ3v) is 4.80. The van der Waals surface area contributed by atoms with Crippen molar-refractivity contribution in [1.82, 2.24) is 24.9 Å². The van der Waals surface area contributed by atoms with Crippen molar-refractivity contribution < 1.29 is 22.6 Å². The number of terminal acetylenes is 1. The van der Waals surface area contributed by atoms with Crippen LogP contribution >= 0.6 is 0 Å². The topological polar surface area (TPSA) is 115 Å². The molecule has 0 aliphatic carbocycles.